The Balaban J connectivity index is 1.63. The van der Waals surface area contributed by atoms with Crippen molar-refractivity contribution in [1.29, 1.82) is 0 Å². The second-order valence-electron chi connectivity index (χ2n) is 8.40. The fourth-order valence-electron chi connectivity index (χ4n) is 4.90. The number of hydrogen-bond acceptors (Lipinski definition) is 0. The van der Waals surface area contributed by atoms with Crippen molar-refractivity contribution in [2.24, 2.45) is 0 Å². The second kappa shape index (κ2) is 7.51. The van der Waals surface area contributed by atoms with Gasteiger partial charge in [0.1, 0.15) is 0 Å². The van der Waals surface area contributed by atoms with Crippen molar-refractivity contribution in [3.05, 3.63) is 120 Å². The van der Waals surface area contributed by atoms with Crippen LogP contribution < -0.4 is 0 Å². The molecule has 0 nitrogen and oxygen atoms in total. The Morgan fingerprint density at radius 1 is 0.438 bits per heavy atom. The van der Waals surface area contributed by atoms with E-state index in [4.69, 9.17) is 11.6 Å². The lowest BCUT2D eigenvalue weighted by molar-refractivity contribution is 1.46. The van der Waals surface area contributed by atoms with E-state index >= 15 is 0 Å². The Labute approximate surface area is 192 Å². The maximum atomic E-state index is 6.59. The van der Waals surface area contributed by atoms with Gasteiger partial charge in [0, 0.05) is 5.02 Å². The largest absolute Gasteiger partial charge is 0.0843 e. The molecule has 0 unspecified atom stereocenters. The minimum atomic E-state index is 0.754. The highest BCUT2D eigenvalue weighted by molar-refractivity contribution is 6.31. The third-order valence-corrected chi connectivity index (χ3v) is 6.65. The van der Waals surface area contributed by atoms with Crippen molar-refractivity contribution in [3.63, 3.8) is 0 Å². The van der Waals surface area contributed by atoms with E-state index in [0.29, 0.717) is 0 Å². The first kappa shape index (κ1) is 19.1. The van der Waals surface area contributed by atoms with Crippen molar-refractivity contribution in [2.75, 3.05) is 0 Å². The van der Waals surface area contributed by atoms with E-state index in [1.54, 1.807) is 0 Å². The highest BCUT2D eigenvalue weighted by Gasteiger charge is 2.11. The molecule has 152 valence electrons. The molecule has 0 spiro atoms. The predicted molar refractivity (Wildman–Crippen MR) is 140 cm³/mol. The standard InChI is InChI=1S/C31H21Cl/c1-20-8-2-3-9-25(20)23-16-22(17-24(32)18-23)21-14-15-30-28-12-5-4-10-26(28)27-11-6-7-13-29(27)31(30)19-21/h2-19H,1H3. The van der Waals surface area contributed by atoms with Gasteiger partial charge in [-0.1, -0.05) is 96.5 Å². The summed E-state index contributed by atoms with van der Waals surface area (Å²) in [6.45, 7) is 2.14. The smallest absolute Gasteiger partial charge is 0.0418 e. The summed E-state index contributed by atoms with van der Waals surface area (Å²) in [5.41, 5.74) is 5.92. The lowest BCUT2D eigenvalue weighted by atomic mass is 9.91. The Bertz CT molecular complexity index is 1610. The summed E-state index contributed by atoms with van der Waals surface area (Å²) in [4.78, 5) is 0. The normalized spacial score (nSPS) is 11.4. The molecule has 0 saturated heterocycles. The van der Waals surface area contributed by atoms with Crippen LogP contribution in [0.4, 0.5) is 0 Å². The minimum Gasteiger partial charge on any atom is -0.0843 e. The molecular weight excluding hydrogens is 408 g/mol. The molecule has 0 heterocycles. The molecular formula is C31H21Cl. The molecule has 6 aromatic rings. The number of halogens is 1. The highest BCUT2D eigenvalue weighted by atomic mass is 35.5. The quantitative estimate of drug-likeness (QED) is 0.241. The topological polar surface area (TPSA) is 0 Å². The fourth-order valence-corrected chi connectivity index (χ4v) is 5.13. The summed E-state index contributed by atoms with van der Waals surface area (Å²) in [6.07, 6.45) is 0. The van der Waals surface area contributed by atoms with Gasteiger partial charge < -0.3 is 0 Å². The van der Waals surface area contributed by atoms with E-state index in [1.807, 2.05) is 0 Å². The average Bonchev–Trinajstić information content (AvgIpc) is 2.84. The van der Waals surface area contributed by atoms with Crippen molar-refractivity contribution in [2.45, 2.75) is 6.92 Å². The third-order valence-electron chi connectivity index (χ3n) is 6.43. The summed E-state index contributed by atoms with van der Waals surface area (Å²) in [5, 5.41) is 8.47. The average molecular weight is 429 g/mol. The molecule has 0 aliphatic carbocycles. The minimum absolute atomic E-state index is 0.754. The highest BCUT2D eigenvalue weighted by Crippen LogP contribution is 2.38. The van der Waals surface area contributed by atoms with Crippen LogP contribution in [0.1, 0.15) is 5.56 Å². The van der Waals surface area contributed by atoms with Crippen LogP contribution >= 0.6 is 11.6 Å². The second-order valence-corrected chi connectivity index (χ2v) is 8.83. The zero-order valence-electron chi connectivity index (χ0n) is 17.8. The van der Waals surface area contributed by atoms with Crippen molar-refractivity contribution >= 4 is 43.9 Å². The SMILES string of the molecule is Cc1ccccc1-c1cc(Cl)cc(-c2ccc3c4ccccc4c4ccccc4c3c2)c1. The van der Waals surface area contributed by atoms with Gasteiger partial charge in [0.15, 0.2) is 0 Å². The summed E-state index contributed by atoms with van der Waals surface area (Å²) in [7, 11) is 0. The molecule has 0 amide bonds. The van der Waals surface area contributed by atoms with Gasteiger partial charge in [-0.05, 0) is 91.3 Å². The zero-order valence-corrected chi connectivity index (χ0v) is 18.5. The Morgan fingerprint density at radius 3 is 1.62 bits per heavy atom. The number of hydrogen-bond donors (Lipinski definition) is 0. The van der Waals surface area contributed by atoms with Gasteiger partial charge in [0.2, 0.25) is 0 Å². The molecule has 0 saturated carbocycles. The van der Waals surface area contributed by atoms with Gasteiger partial charge in [0.25, 0.3) is 0 Å². The Morgan fingerprint density at radius 2 is 0.969 bits per heavy atom. The molecule has 6 aromatic carbocycles. The van der Waals surface area contributed by atoms with E-state index in [2.05, 4.69) is 116 Å². The van der Waals surface area contributed by atoms with Crippen LogP contribution in [0.5, 0.6) is 0 Å². The molecule has 32 heavy (non-hydrogen) atoms. The van der Waals surface area contributed by atoms with Crippen LogP contribution in [-0.4, -0.2) is 0 Å². The molecule has 0 aliphatic rings. The van der Waals surface area contributed by atoms with Gasteiger partial charge in [-0.25, -0.2) is 0 Å². The van der Waals surface area contributed by atoms with Gasteiger partial charge >= 0.3 is 0 Å². The van der Waals surface area contributed by atoms with E-state index in [9.17, 15) is 0 Å². The van der Waals surface area contributed by atoms with Gasteiger partial charge in [0.05, 0.1) is 0 Å². The molecule has 0 radical (unpaired) electrons. The van der Waals surface area contributed by atoms with Crippen LogP contribution in [0.25, 0.3) is 54.6 Å². The van der Waals surface area contributed by atoms with E-state index in [1.165, 1.54) is 49.0 Å². The fraction of sp³-hybridized carbons (Fsp3) is 0.0323. The van der Waals surface area contributed by atoms with Gasteiger partial charge in [-0.3, -0.25) is 0 Å². The van der Waals surface area contributed by atoms with E-state index in [0.717, 1.165) is 16.1 Å². The summed E-state index contributed by atoms with van der Waals surface area (Å²) < 4.78 is 0. The first-order valence-electron chi connectivity index (χ1n) is 10.9. The summed E-state index contributed by atoms with van der Waals surface area (Å²) >= 11 is 6.59. The van der Waals surface area contributed by atoms with E-state index < -0.39 is 0 Å². The monoisotopic (exact) mass is 428 g/mol. The maximum absolute atomic E-state index is 6.59. The van der Waals surface area contributed by atoms with E-state index in [-0.39, 0.29) is 0 Å². The molecule has 0 N–H and O–H groups in total. The molecule has 0 aromatic heterocycles. The zero-order chi connectivity index (χ0) is 21.7. The number of rotatable bonds is 2. The third kappa shape index (κ3) is 3.07. The van der Waals surface area contributed by atoms with Crippen LogP contribution in [0.2, 0.25) is 5.02 Å². The maximum Gasteiger partial charge on any atom is 0.0418 e. The molecule has 6 rings (SSSR count). The van der Waals surface area contributed by atoms with Crippen LogP contribution in [-0.2, 0) is 0 Å². The van der Waals surface area contributed by atoms with Crippen LogP contribution in [0, 0.1) is 6.92 Å². The molecule has 1 heteroatoms. The number of benzene rings is 6. The Hall–Kier alpha value is -3.61. The van der Waals surface area contributed by atoms with Gasteiger partial charge in [-0.2, -0.15) is 0 Å². The molecule has 0 aliphatic heterocycles. The molecule has 0 bridgehead atoms. The van der Waals surface area contributed by atoms with Gasteiger partial charge in [-0.15, -0.1) is 0 Å². The molecule has 0 atom stereocenters. The lowest BCUT2D eigenvalue weighted by Crippen LogP contribution is -1.87. The first-order chi connectivity index (χ1) is 15.7. The Kier molecular flexibility index (Phi) is 4.48. The predicted octanol–water partition coefficient (Wildman–Crippen LogP) is 9.44. The first-order valence-corrected chi connectivity index (χ1v) is 11.3. The van der Waals surface area contributed by atoms with Crippen molar-refractivity contribution in [1.82, 2.24) is 0 Å². The van der Waals surface area contributed by atoms with Crippen LogP contribution in [0.3, 0.4) is 0 Å². The number of fused-ring (bicyclic) bond motifs is 6. The van der Waals surface area contributed by atoms with Crippen LogP contribution in [0.15, 0.2) is 109 Å². The summed E-state index contributed by atoms with van der Waals surface area (Å²) in [5.74, 6) is 0. The molecule has 0 fully saturated rings. The van der Waals surface area contributed by atoms with Crippen molar-refractivity contribution < 1.29 is 0 Å². The van der Waals surface area contributed by atoms with Crippen molar-refractivity contribution in [3.8, 4) is 22.3 Å². The lowest BCUT2D eigenvalue weighted by Gasteiger charge is -2.13. The summed E-state index contributed by atoms with van der Waals surface area (Å²) in [6, 6.07) is 39.0. The number of aryl methyl sites for hydroxylation is 1.